The summed E-state index contributed by atoms with van der Waals surface area (Å²) in [5.41, 5.74) is 1.91. The van der Waals surface area contributed by atoms with Gasteiger partial charge in [0.15, 0.2) is 5.69 Å². The average molecular weight is 456 g/mol. The lowest BCUT2D eigenvalue weighted by Crippen LogP contribution is -2.46. The molecule has 1 aromatic carbocycles. The maximum absolute atomic E-state index is 12.6. The van der Waals surface area contributed by atoms with Crippen LogP contribution in [0.15, 0.2) is 59.9 Å². The van der Waals surface area contributed by atoms with Crippen LogP contribution in [0.1, 0.15) is 23.3 Å². The molecular weight excluding hydrogens is 426 g/mol. The zero-order valence-electron chi connectivity index (χ0n) is 18.3. The smallest absolute Gasteiger partial charge is 0.272 e. The third-order valence-corrected chi connectivity index (χ3v) is 6.69. The fourth-order valence-electron chi connectivity index (χ4n) is 4.05. The zero-order chi connectivity index (χ0) is 22.6. The number of unbranched alkanes of at least 4 members (excludes halogenated alkanes) is 1. The molecule has 1 N–H and O–H groups in total. The summed E-state index contributed by atoms with van der Waals surface area (Å²) in [6, 6.07) is 15.7. The first kappa shape index (κ1) is 22.3. The van der Waals surface area contributed by atoms with E-state index in [1.54, 1.807) is 24.4 Å². The number of benzene rings is 1. The molecule has 1 saturated heterocycles. The van der Waals surface area contributed by atoms with Gasteiger partial charge >= 0.3 is 0 Å². The summed E-state index contributed by atoms with van der Waals surface area (Å²) in [5.74, 6) is -0.347. The second-order valence-electron chi connectivity index (χ2n) is 8.10. The SMILES string of the molecule is CS(=O)(=O)c1nc(C(=O)NCCCCN2CCN(c3ccccc3)CC2)c2ccccn12. The van der Waals surface area contributed by atoms with Crippen molar-refractivity contribution in [2.24, 2.45) is 0 Å². The van der Waals surface area contributed by atoms with Crippen molar-refractivity contribution in [3.8, 4) is 0 Å². The van der Waals surface area contributed by atoms with Crippen LogP contribution in [0.2, 0.25) is 0 Å². The highest BCUT2D eigenvalue weighted by molar-refractivity contribution is 7.90. The fourth-order valence-corrected chi connectivity index (χ4v) is 4.83. The van der Waals surface area contributed by atoms with Crippen molar-refractivity contribution in [1.82, 2.24) is 19.6 Å². The Hall–Kier alpha value is -2.91. The van der Waals surface area contributed by atoms with Crippen LogP contribution >= 0.6 is 0 Å². The molecule has 0 radical (unpaired) electrons. The standard InChI is InChI=1S/C23H29N5O3S/c1-32(30,31)23-25-21(20-11-5-7-14-28(20)23)22(29)24-12-6-8-13-26-15-17-27(18-16-26)19-9-3-2-4-10-19/h2-5,7,9-11,14H,6,8,12-13,15-18H2,1H3,(H,24,29). The van der Waals surface area contributed by atoms with E-state index in [9.17, 15) is 13.2 Å². The normalized spacial score (nSPS) is 15.2. The van der Waals surface area contributed by atoms with Crippen LogP contribution in [-0.4, -0.2) is 74.1 Å². The topological polar surface area (TPSA) is 87.0 Å². The molecule has 1 amide bonds. The minimum atomic E-state index is -3.54. The van der Waals surface area contributed by atoms with Crippen molar-refractivity contribution in [2.45, 2.75) is 18.0 Å². The third-order valence-electron chi connectivity index (χ3n) is 5.74. The molecule has 8 nitrogen and oxygen atoms in total. The number of anilines is 1. The molecule has 0 aliphatic carbocycles. The Kier molecular flexibility index (Phi) is 6.76. The van der Waals surface area contributed by atoms with Crippen LogP contribution in [-0.2, 0) is 9.84 Å². The number of hydrogen-bond acceptors (Lipinski definition) is 6. The maximum atomic E-state index is 12.6. The number of piperazine rings is 1. The Balaban J connectivity index is 1.23. The van der Waals surface area contributed by atoms with E-state index in [-0.39, 0.29) is 16.8 Å². The molecule has 32 heavy (non-hydrogen) atoms. The lowest BCUT2D eigenvalue weighted by Gasteiger charge is -2.36. The summed E-state index contributed by atoms with van der Waals surface area (Å²) < 4.78 is 25.5. The summed E-state index contributed by atoms with van der Waals surface area (Å²) >= 11 is 0. The number of imidazole rings is 1. The van der Waals surface area contributed by atoms with Crippen LogP contribution in [0.25, 0.3) is 5.52 Å². The molecule has 1 aliphatic rings. The average Bonchev–Trinajstić information content (AvgIpc) is 3.20. The van der Waals surface area contributed by atoms with Gasteiger partial charge in [0, 0.05) is 50.9 Å². The van der Waals surface area contributed by atoms with E-state index < -0.39 is 9.84 Å². The summed E-state index contributed by atoms with van der Waals surface area (Å²) in [5, 5.41) is 2.77. The molecule has 3 heterocycles. The van der Waals surface area contributed by atoms with Gasteiger partial charge in [0.1, 0.15) is 0 Å². The monoisotopic (exact) mass is 455 g/mol. The van der Waals surface area contributed by atoms with Crippen molar-refractivity contribution < 1.29 is 13.2 Å². The van der Waals surface area contributed by atoms with Gasteiger partial charge in [-0.25, -0.2) is 13.4 Å². The van der Waals surface area contributed by atoms with Gasteiger partial charge in [-0.2, -0.15) is 0 Å². The first-order valence-electron chi connectivity index (χ1n) is 10.9. The highest BCUT2D eigenvalue weighted by Gasteiger charge is 2.22. The lowest BCUT2D eigenvalue weighted by atomic mass is 10.2. The van der Waals surface area contributed by atoms with Crippen LogP contribution in [0.4, 0.5) is 5.69 Å². The number of amides is 1. The highest BCUT2D eigenvalue weighted by atomic mass is 32.2. The van der Waals surface area contributed by atoms with Crippen molar-refractivity contribution in [2.75, 3.05) is 50.4 Å². The van der Waals surface area contributed by atoms with E-state index in [2.05, 4.69) is 44.4 Å². The number of aromatic nitrogens is 2. The molecule has 0 bridgehead atoms. The first-order chi connectivity index (χ1) is 15.4. The lowest BCUT2D eigenvalue weighted by molar-refractivity contribution is 0.0949. The Labute approximate surface area is 188 Å². The molecule has 0 saturated carbocycles. The van der Waals surface area contributed by atoms with Gasteiger partial charge in [0.05, 0.1) is 5.52 Å². The fraction of sp³-hybridized carbons (Fsp3) is 0.391. The molecule has 4 rings (SSSR count). The number of nitrogens with one attached hydrogen (secondary N) is 1. The Morgan fingerprint density at radius 3 is 2.44 bits per heavy atom. The van der Waals surface area contributed by atoms with Crippen molar-refractivity contribution in [3.63, 3.8) is 0 Å². The summed E-state index contributed by atoms with van der Waals surface area (Å²) in [6.45, 7) is 5.66. The molecular formula is C23H29N5O3S. The number of fused-ring (bicyclic) bond motifs is 1. The molecule has 170 valence electrons. The minimum Gasteiger partial charge on any atom is -0.369 e. The van der Waals surface area contributed by atoms with Gasteiger partial charge in [0.25, 0.3) is 5.91 Å². The summed E-state index contributed by atoms with van der Waals surface area (Å²) in [7, 11) is -3.54. The Morgan fingerprint density at radius 1 is 1.00 bits per heavy atom. The number of para-hydroxylation sites is 1. The number of nitrogens with zero attached hydrogens (tertiary/aromatic N) is 4. The molecule has 2 aromatic heterocycles. The van der Waals surface area contributed by atoms with Crippen LogP contribution in [0.5, 0.6) is 0 Å². The summed E-state index contributed by atoms with van der Waals surface area (Å²) in [4.78, 5) is 21.6. The molecule has 1 fully saturated rings. The molecule has 0 atom stereocenters. The maximum Gasteiger partial charge on any atom is 0.272 e. The van der Waals surface area contributed by atoms with Crippen LogP contribution < -0.4 is 10.2 Å². The van der Waals surface area contributed by atoms with E-state index in [0.29, 0.717) is 12.1 Å². The van der Waals surface area contributed by atoms with Gasteiger partial charge in [0.2, 0.25) is 15.0 Å². The number of rotatable bonds is 8. The number of pyridine rings is 1. The highest BCUT2D eigenvalue weighted by Crippen LogP contribution is 2.17. The van der Waals surface area contributed by atoms with E-state index in [0.717, 1.165) is 51.8 Å². The van der Waals surface area contributed by atoms with Crippen LogP contribution in [0.3, 0.4) is 0 Å². The molecule has 1 aliphatic heterocycles. The summed E-state index contributed by atoms with van der Waals surface area (Å²) in [6.07, 6.45) is 4.54. The predicted molar refractivity (Wildman–Crippen MR) is 125 cm³/mol. The molecule has 0 spiro atoms. The predicted octanol–water partition coefficient (Wildman–Crippen LogP) is 2.07. The van der Waals surface area contributed by atoms with Crippen LogP contribution in [0, 0.1) is 0 Å². The van der Waals surface area contributed by atoms with Gasteiger partial charge in [-0.15, -0.1) is 0 Å². The number of carbonyl (C=O) groups excluding carboxylic acids is 1. The zero-order valence-corrected chi connectivity index (χ0v) is 19.1. The van der Waals surface area contributed by atoms with Gasteiger partial charge < -0.3 is 10.2 Å². The van der Waals surface area contributed by atoms with Gasteiger partial charge in [-0.05, 0) is 43.7 Å². The Bertz CT molecular complexity index is 1170. The quantitative estimate of drug-likeness (QED) is 0.524. The van der Waals surface area contributed by atoms with E-state index in [1.165, 1.54) is 10.1 Å². The second-order valence-corrected chi connectivity index (χ2v) is 10.0. The van der Waals surface area contributed by atoms with E-state index in [1.807, 2.05) is 6.07 Å². The van der Waals surface area contributed by atoms with Gasteiger partial charge in [-0.1, -0.05) is 24.3 Å². The molecule has 0 unspecified atom stereocenters. The van der Waals surface area contributed by atoms with Crippen molar-refractivity contribution >= 4 is 26.9 Å². The number of sulfone groups is 1. The molecule has 3 aromatic rings. The van der Waals surface area contributed by atoms with Crippen molar-refractivity contribution in [1.29, 1.82) is 0 Å². The number of carbonyl (C=O) groups is 1. The third kappa shape index (κ3) is 5.11. The van der Waals surface area contributed by atoms with E-state index >= 15 is 0 Å². The largest absolute Gasteiger partial charge is 0.369 e. The van der Waals surface area contributed by atoms with Crippen molar-refractivity contribution in [3.05, 3.63) is 60.4 Å². The second kappa shape index (κ2) is 9.70. The number of hydrogen-bond donors (Lipinski definition) is 1. The first-order valence-corrected chi connectivity index (χ1v) is 12.8. The Morgan fingerprint density at radius 2 is 1.72 bits per heavy atom. The minimum absolute atomic E-state index is 0.118. The van der Waals surface area contributed by atoms with Gasteiger partial charge in [-0.3, -0.25) is 14.1 Å². The van der Waals surface area contributed by atoms with E-state index in [4.69, 9.17) is 0 Å². The molecule has 9 heteroatoms.